The molecule has 106 valence electrons. The number of anilines is 1. The highest BCUT2D eigenvalue weighted by Gasteiger charge is 2.13. The van der Waals surface area contributed by atoms with Crippen LogP contribution in [0.2, 0.25) is 0 Å². The smallest absolute Gasteiger partial charge is 0.180 e. The van der Waals surface area contributed by atoms with Crippen molar-refractivity contribution in [2.24, 2.45) is 0 Å². The van der Waals surface area contributed by atoms with Gasteiger partial charge in [0.1, 0.15) is 11.5 Å². The Morgan fingerprint density at radius 1 is 1.30 bits per heavy atom. The molecule has 2 aromatic heterocycles. The van der Waals surface area contributed by atoms with Gasteiger partial charge in [-0.05, 0) is 41.4 Å². The van der Waals surface area contributed by atoms with Crippen LogP contribution >= 0.6 is 15.9 Å². The van der Waals surface area contributed by atoms with E-state index in [2.05, 4.69) is 36.2 Å². The Morgan fingerprint density at radius 3 is 2.70 bits per heavy atom. The van der Waals surface area contributed by atoms with E-state index < -0.39 is 0 Å². The Balaban J connectivity index is 2.49. The first-order chi connectivity index (χ1) is 9.65. The third-order valence-electron chi connectivity index (χ3n) is 2.69. The number of hydrogen-bond acceptors (Lipinski definition) is 5. The van der Waals surface area contributed by atoms with Gasteiger partial charge >= 0.3 is 0 Å². The number of aryl methyl sites for hydroxylation is 1. The van der Waals surface area contributed by atoms with E-state index in [1.165, 1.54) is 0 Å². The molecule has 2 aromatic rings. The van der Waals surface area contributed by atoms with E-state index in [0.717, 1.165) is 33.8 Å². The average molecular weight is 337 g/mol. The second-order valence-electron chi connectivity index (χ2n) is 4.34. The number of nitrogens with one attached hydrogen (secondary N) is 1. The molecule has 0 bridgehead atoms. The van der Waals surface area contributed by atoms with Crippen LogP contribution < -0.4 is 5.32 Å². The predicted octanol–water partition coefficient (Wildman–Crippen LogP) is 3.19. The summed E-state index contributed by atoms with van der Waals surface area (Å²) in [5, 5.41) is 3.21. The number of ether oxygens (including phenoxy) is 1. The highest BCUT2D eigenvalue weighted by atomic mass is 79.9. The summed E-state index contributed by atoms with van der Waals surface area (Å²) in [6.07, 6.45) is 1.81. The molecule has 0 saturated carbocycles. The second kappa shape index (κ2) is 6.76. The summed E-state index contributed by atoms with van der Waals surface area (Å²) in [7, 11) is 1.64. The van der Waals surface area contributed by atoms with E-state index in [0.29, 0.717) is 12.4 Å². The highest BCUT2D eigenvalue weighted by Crippen LogP contribution is 2.27. The van der Waals surface area contributed by atoms with Gasteiger partial charge in [0.2, 0.25) is 0 Å². The normalized spacial score (nSPS) is 10.6. The number of rotatable bonds is 5. The van der Waals surface area contributed by atoms with E-state index in [1.807, 2.05) is 32.2 Å². The molecule has 20 heavy (non-hydrogen) atoms. The zero-order valence-electron chi connectivity index (χ0n) is 11.8. The van der Waals surface area contributed by atoms with E-state index in [9.17, 15) is 0 Å². The van der Waals surface area contributed by atoms with Crippen molar-refractivity contribution in [2.75, 3.05) is 19.0 Å². The number of halogens is 1. The minimum absolute atomic E-state index is 0.417. The van der Waals surface area contributed by atoms with Gasteiger partial charge in [0.05, 0.1) is 16.8 Å². The molecule has 0 aromatic carbocycles. The third-order valence-corrected chi connectivity index (χ3v) is 3.52. The molecule has 1 N–H and O–H groups in total. The molecular formula is C14H17BrN4O. The fourth-order valence-electron chi connectivity index (χ4n) is 1.73. The molecule has 0 fully saturated rings. The van der Waals surface area contributed by atoms with E-state index in [1.54, 1.807) is 7.11 Å². The molecule has 0 unspecified atom stereocenters. The molecule has 0 saturated heterocycles. The molecule has 2 heterocycles. The van der Waals surface area contributed by atoms with Gasteiger partial charge in [0.15, 0.2) is 5.82 Å². The highest BCUT2D eigenvalue weighted by molar-refractivity contribution is 9.10. The second-order valence-corrected chi connectivity index (χ2v) is 5.13. The summed E-state index contributed by atoms with van der Waals surface area (Å²) in [6.45, 7) is 5.22. The van der Waals surface area contributed by atoms with Crippen LogP contribution in [-0.2, 0) is 11.3 Å². The van der Waals surface area contributed by atoms with Crippen LogP contribution in [0.1, 0.15) is 18.2 Å². The summed E-state index contributed by atoms with van der Waals surface area (Å²) >= 11 is 3.51. The minimum Gasteiger partial charge on any atom is -0.378 e. The van der Waals surface area contributed by atoms with Gasteiger partial charge in [-0.15, -0.1) is 0 Å². The van der Waals surface area contributed by atoms with Crippen molar-refractivity contribution in [3.05, 3.63) is 34.1 Å². The van der Waals surface area contributed by atoms with Crippen molar-refractivity contribution >= 4 is 21.7 Å². The molecule has 0 amide bonds. The zero-order valence-corrected chi connectivity index (χ0v) is 13.4. The molecule has 0 aliphatic heterocycles. The lowest BCUT2D eigenvalue weighted by atomic mass is 10.2. The average Bonchev–Trinajstić information content (AvgIpc) is 2.44. The van der Waals surface area contributed by atoms with Crippen LogP contribution in [0.15, 0.2) is 22.8 Å². The molecule has 0 aliphatic carbocycles. The lowest BCUT2D eigenvalue weighted by molar-refractivity contribution is 0.181. The van der Waals surface area contributed by atoms with Crippen molar-refractivity contribution in [3.63, 3.8) is 0 Å². The first-order valence-electron chi connectivity index (χ1n) is 6.38. The van der Waals surface area contributed by atoms with Crippen LogP contribution in [0.25, 0.3) is 11.5 Å². The van der Waals surface area contributed by atoms with Crippen molar-refractivity contribution < 1.29 is 4.74 Å². The van der Waals surface area contributed by atoms with Gasteiger partial charge in [0.25, 0.3) is 0 Å². The SMILES string of the molecule is CCNc1nc(-c2ccc(C)cn2)nc(COC)c1Br. The first-order valence-corrected chi connectivity index (χ1v) is 7.17. The number of pyridine rings is 1. The van der Waals surface area contributed by atoms with E-state index >= 15 is 0 Å². The van der Waals surface area contributed by atoms with Gasteiger partial charge < -0.3 is 10.1 Å². The van der Waals surface area contributed by atoms with E-state index in [-0.39, 0.29) is 0 Å². The molecular weight excluding hydrogens is 320 g/mol. The topological polar surface area (TPSA) is 59.9 Å². The number of hydrogen-bond donors (Lipinski definition) is 1. The van der Waals surface area contributed by atoms with Gasteiger partial charge in [-0.25, -0.2) is 9.97 Å². The molecule has 6 heteroatoms. The quantitative estimate of drug-likeness (QED) is 0.908. The van der Waals surface area contributed by atoms with Gasteiger partial charge in [-0.3, -0.25) is 4.98 Å². The van der Waals surface area contributed by atoms with Gasteiger partial charge in [-0.1, -0.05) is 6.07 Å². The third kappa shape index (κ3) is 3.32. The van der Waals surface area contributed by atoms with Gasteiger partial charge in [-0.2, -0.15) is 0 Å². The van der Waals surface area contributed by atoms with Crippen LogP contribution in [0.3, 0.4) is 0 Å². The Hall–Kier alpha value is -1.53. The predicted molar refractivity (Wildman–Crippen MR) is 82.6 cm³/mol. The maximum absolute atomic E-state index is 5.18. The minimum atomic E-state index is 0.417. The number of aromatic nitrogens is 3. The summed E-state index contributed by atoms with van der Waals surface area (Å²) in [5.41, 5.74) is 2.66. The number of methoxy groups -OCH3 is 1. The van der Waals surface area contributed by atoms with Crippen LogP contribution in [-0.4, -0.2) is 28.6 Å². The van der Waals surface area contributed by atoms with Crippen LogP contribution in [0, 0.1) is 6.92 Å². The van der Waals surface area contributed by atoms with Crippen LogP contribution in [0.4, 0.5) is 5.82 Å². The first kappa shape index (κ1) is 14.9. The van der Waals surface area contributed by atoms with Crippen molar-refractivity contribution in [2.45, 2.75) is 20.5 Å². The molecule has 0 aliphatic rings. The Morgan fingerprint density at radius 2 is 2.10 bits per heavy atom. The maximum Gasteiger partial charge on any atom is 0.180 e. The summed E-state index contributed by atoms with van der Waals surface area (Å²) in [4.78, 5) is 13.4. The fraction of sp³-hybridized carbons (Fsp3) is 0.357. The Kier molecular flexibility index (Phi) is 5.03. The molecule has 0 spiro atoms. The maximum atomic E-state index is 5.18. The van der Waals surface area contributed by atoms with Crippen molar-refractivity contribution in [3.8, 4) is 11.5 Å². The molecule has 5 nitrogen and oxygen atoms in total. The monoisotopic (exact) mass is 336 g/mol. The summed E-state index contributed by atoms with van der Waals surface area (Å²) < 4.78 is 6.01. The van der Waals surface area contributed by atoms with Crippen LogP contribution in [0.5, 0.6) is 0 Å². The lowest BCUT2D eigenvalue weighted by Gasteiger charge is -2.11. The van der Waals surface area contributed by atoms with E-state index in [4.69, 9.17) is 4.74 Å². The lowest BCUT2D eigenvalue weighted by Crippen LogP contribution is -2.07. The zero-order chi connectivity index (χ0) is 14.5. The summed E-state index contributed by atoms with van der Waals surface area (Å²) in [6, 6.07) is 3.92. The summed E-state index contributed by atoms with van der Waals surface area (Å²) in [5.74, 6) is 1.35. The van der Waals surface area contributed by atoms with Crippen molar-refractivity contribution in [1.29, 1.82) is 0 Å². The number of nitrogens with zero attached hydrogens (tertiary/aromatic N) is 3. The Labute approximate surface area is 127 Å². The molecule has 0 atom stereocenters. The van der Waals surface area contributed by atoms with Gasteiger partial charge in [0, 0.05) is 19.9 Å². The molecule has 2 rings (SSSR count). The Bertz CT molecular complexity index is 559. The fourth-order valence-corrected chi connectivity index (χ4v) is 2.16. The largest absolute Gasteiger partial charge is 0.378 e. The van der Waals surface area contributed by atoms with Crippen molar-refractivity contribution in [1.82, 2.24) is 15.0 Å². The standard InChI is InChI=1S/C14H17BrN4O/c1-4-16-14-12(15)11(8-20-3)18-13(19-14)10-6-5-9(2)7-17-10/h5-7H,4,8H2,1-3H3,(H,16,18,19). The molecule has 0 radical (unpaired) electrons.